The Labute approximate surface area is 165 Å². The van der Waals surface area contributed by atoms with Crippen molar-refractivity contribution < 1.29 is 14.3 Å². The highest BCUT2D eigenvalue weighted by molar-refractivity contribution is 5.89. The van der Waals surface area contributed by atoms with Crippen LogP contribution in [0.5, 0.6) is 0 Å². The van der Waals surface area contributed by atoms with Gasteiger partial charge in [0.15, 0.2) is 0 Å². The van der Waals surface area contributed by atoms with Gasteiger partial charge in [0.05, 0.1) is 18.6 Å². The quantitative estimate of drug-likeness (QED) is 0.478. The average molecular weight is 379 g/mol. The molecule has 0 bridgehead atoms. The zero-order chi connectivity index (χ0) is 20.2. The average Bonchev–Trinajstić information content (AvgIpc) is 2.89. The molecule has 1 spiro atoms. The van der Waals surface area contributed by atoms with E-state index < -0.39 is 0 Å². The topological polar surface area (TPSA) is 49.9 Å². The van der Waals surface area contributed by atoms with Crippen molar-refractivity contribution in [3.8, 4) is 0 Å². The first-order chi connectivity index (χ1) is 12.7. The summed E-state index contributed by atoms with van der Waals surface area (Å²) in [6, 6.07) is 0.497. The van der Waals surface area contributed by atoms with Crippen LogP contribution in [0.25, 0.3) is 0 Å². The number of methoxy groups -OCH3 is 1. The third-order valence-electron chi connectivity index (χ3n) is 6.56. The van der Waals surface area contributed by atoms with Crippen molar-refractivity contribution >= 4 is 11.9 Å². The molecule has 2 saturated heterocycles. The third kappa shape index (κ3) is 4.92. The molecule has 2 rings (SSSR count). The number of rotatable bonds is 8. The molecule has 1 amide bonds. The predicted molar refractivity (Wildman–Crippen MR) is 108 cm³/mol. The van der Waals surface area contributed by atoms with E-state index in [0.717, 1.165) is 51.7 Å². The lowest BCUT2D eigenvalue weighted by molar-refractivity contribution is -0.150. The summed E-state index contributed by atoms with van der Waals surface area (Å²) in [4.78, 5) is 29.8. The fourth-order valence-corrected chi connectivity index (χ4v) is 4.70. The molecule has 0 N–H and O–H groups in total. The van der Waals surface area contributed by atoms with E-state index in [4.69, 9.17) is 4.74 Å². The molecule has 0 aromatic heterocycles. The number of carbonyl (C=O) groups excluding carboxylic acids is 2. The summed E-state index contributed by atoms with van der Waals surface area (Å²) in [7, 11) is 1.44. The molecule has 5 heteroatoms. The van der Waals surface area contributed by atoms with Crippen LogP contribution < -0.4 is 0 Å². The number of likely N-dealkylation sites (tertiary alicyclic amines) is 2. The number of ether oxygens (including phenoxy) is 1. The van der Waals surface area contributed by atoms with E-state index in [1.54, 1.807) is 0 Å². The van der Waals surface area contributed by atoms with E-state index >= 15 is 0 Å². The lowest BCUT2D eigenvalue weighted by Crippen LogP contribution is -2.58. The van der Waals surface area contributed by atoms with E-state index in [-0.39, 0.29) is 23.3 Å². The zero-order valence-corrected chi connectivity index (χ0v) is 17.9. The maximum absolute atomic E-state index is 12.8. The van der Waals surface area contributed by atoms with Crippen LogP contribution in [-0.4, -0.2) is 60.0 Å². The number of piperidine rings is 1. The lowest BCUT2D eigenvalue weighted by Gasteiger charge is -2.48. The van der Waals surface area contributed by atoms with Crippen LogP contribution >= 0.6 is 0 Å². The highest BCUT2D eigenvalue weighted by Crippen LogP contribution is 2.44. The van der Waals surface area contributed by atoms with Gasteiger partial charge in [0.2, 0.25) is 5.91 Å². The lowest BCUT2D eigenvalue weighted by atomic mass is 9.76. The van der Waals surface area contributed by atoms with Crippen molar-refractivity contribution in [3.63, 3.8) is 0 Å². The fourth-order valence-electron chi connectivity index (χ4n) is 4.70. The second-order valence-corrected chi connectivity index (χ2v) is 8.99. The maximum Gasteiger partial charge on any atom is 0.311 e. The first kappa shape index (κ1) is 21.9. The number of hydrogen-bond donors (Lipinski definition) is 0. The standard InChI is InChI=1S/C22H38N2O3/c1-16(2)7-8-18(5)23-13-10-22(11-14-23)19(21(26)27-6)15-20(25)24(22)12-9-17(3)4/h17-19H,1,7-15H2,2-6H3. The Hall–Kier alpha value is -1.36. The van der Waals surface area contributed by atoms with Gasteiger partial charge in [-0.15, -0.1) is 6.58 Å². The van der Waals surface area contributed by atoms with Crippen LogP contribution in [0.4, 0.5) is 0 Å². The summed E-state index contributed by atoms with van der Waals surface area (Å²) in [6.45, 7) is 15.3. The van der Waals surface area contributed by atoms with Crippen LogP contribution in [-0.2, 0) is 14.3 Å². The third-order valence-corrected chi connectivity index (χ3v) is 6.56. The summed E-state index contributed by atoms with van der Waals surface area (Å²) < 4.78 is 5.08. The molecule has 2 unspecified atom stereocenters. The van der Waals surface area contributed by atoms with Crippen molar-refractivity contribution in [1.29, 1.82) is 0 Å². The molecule has 0 saturated carbocycles. The Kier molecular flexibility index (Phi) is 7.49. The van der Waals surface area contributed by atoms with Gasteiger partial charge in [-0.3, -0.25) is 9.59 Å². The van der Waals surface area contributed by atoms with Crippen molar-refractivity contribution in [1.82, 2.24) is 9.80 Å². The van der Waals surface area contributed by atoms with Gasteiger partial charge in [0.1, 0.15) is 0 Å². The molecule has 27 heavy (non-hydrogen) atoms. The number of allylic oxidation sites excluding steroid dienone is 1. The van der Waals surface area contributed by atoms with Gasteiger partial charge in [0, 0.05) is 32.1 Å². The SMILES string of the molecule is C=C(C)CCC(C)N1CCC2(CC1)C(C(=O)OC)CC(=O)N2CCC(C)C. The number of hydrogen-bond acceptors (Lipinski definition) is 4. The molecular weight excluding hydrogens is 340 g/mol. The second-order valence-electron chi connectivity index (χ2n) is 8.99. The number of esters is 1. The Morgan fingerprint density at radius 2 is 1.89 bits per heavy atom. The highest BCUT2D eigenvalue weighted by Gasteiger charge is 2.56. The number of nitrogens with zero attached hydrogens (tertiary/aromatic N) is 2. The summed E-state index contributed by atoms with van der Waals surface area (Å²) in [5, 5.41) is 0. The molecule has 2 aliphatic heterocycles. The normalized spacial score (nSPS) is 23.9. The molecule has 0 aliphatic carbocycles. The van der Waals surface area contributed by atoms with Gasteiger partial charge >= 0.3 is 5.97 Å². The second kappa shape index (κ2) is 9.22. The Bertz CT molecular complexity index is 550. The van der Waals surface area contributed by atoms with Crippen molar-refractivity contribution in [2.45, 2.75) is 77.8 Å². The summed E-state index contributed by atoms with van der Waals surface area (Å²) in [5.74, 6) is 0.110. The van der Waals surface area contributed by atoms with E-state index in [1.807, 2.05) is 4.90 Å². The molecule has 0 radical (unpaired) electrons. The molecule has 2 heterocycles. The van der Waals surface area contributed by atoms with Gasteiger partial charge in [-0.05, 0) is 51.9 Å². The van der Waals surface area contributed by atoms with E-state index in [2.05, 4.69) is 39.2 Å². The predicted octanol–water partition coefficient (Wildman–Crippen LogP) is 3.63. The van der Waals surface area contributed by atoms with Crippen molar-refractivity contribution in [3.05, 3.63) is 12.2 Å². The van der Waals surface area contributed by atoms with Crippen molar-refractivity contribution in [2.75, 3.05) is 26.7 Å². The first-order valence-electron chi connectivity index (χ1n) is 10.5. The van der Waals surface area contributed by atoms with Gasteiger partial charge in [-0.25, -0.2) is 0 Å². The highest BCUT2D eigenvalue weighted by atomic mass is 16.5. The number of amides is 1. The minimum atomic E-state index is -0.357. The first-order valence-corrected chi connectivity index (χ1v) is 10.5. The van der Waals surface area contributed by atoms with Gasteiger partial charge < -0.3 is 14.5 Å². The van der Waals surface area contributed by atoms with Crippen LogP contribution in [0.1, 0.15) is 66.2 Å². The zero-order valence-electron chi connectivity index (χ0n) is 17.9. The number of carbonyl (C=O) groups is 2. The Balaban J connectivity index is 2.13. The van der Waals surface area contributed by atoms with Crippen LogP contribution in [0.3, 0.4) is 0 Å². The molecule has 0 aromatic rings. The molecule has 2 fully saturated rings. The largest absolute Gasteiger partial charge is 0.469 e. The van der Waals surface area contributed by atoms with Crippen LogP contribution in [0.15, 0.2) is 12.2 Å². The van der Waals surface area contributed by atoms with Gasteiger partial charge in [-0.1, -0.05) is 19.4 Å². The van der Waals surface area contributed by atoms with Crippen molar-refractivity contribution in [2.24, 2.45) is 11.8 Å². The molecule has 154 valence electrons. The molecule has 0 aromatic carbocycles. The summed E-state index contributed by atoms with van der Waals surface area (Å²) in [5.41, 5.74) is 0.867. The minimum absolute atomic E-state index is 0.120. The van der Waals surface area contributed by atoms with E-state index in [9.17, 15) is 9.59 Å². The Morgan fingerprint density at radius 3 is 2.41 bits per heavy atom. The maximum atomic E-state index is 12.8. The minimum Gasteiger partial charge on any atom is -0.469 e. The van der Waals surface area contributed by atoms with Gasteiger partial charge in [0.25, 0.3) is 0 Å². The molecular formula is C22H38N2O3. The van der Waals surface area contributed by atoms with Crippen LogP contribution in [0.2, 0.25) is 0 Å². The van der Waals surface area contributed by atoms with Crippen LogP contribution in [0, 0.1) is 11.8 Å². The smallest absolute Gasteiger partial charge is 0.311 e. The van der Waals surface area contributed by atoms with Gasteiger partial charge in [-0.2, -0.15) is 0 Å². The van der Waals surface area contributed by atoms with E-state index in [0.29, 0.717) is 18.4 Å². The fraction of sp³-hybridized carbons (Fsp3) is 0.818. The molecule has 2 aliphatic rings. The summed E-state index contributed by atoms with van der Waals surface area (Å²) in [6.07, 6.45) is 5.14. The van der Waals surface area contributed by atoms with E-state index in [1.165, 1.54) is 12.7 Å². The Morgan fingerprint density at radius 1 is 1.26 bits per heavy atom. The molecule has 2 atom stereocenters. The molecule has 5 nitrogen and oxygen atoms in total. The summed E-state index contributed by atoms with van der Waals surface area (Å²) >= 11 is 0. The monoisotopic (exact) mass is 378 g/mol.